The van der Waals surface area contributed by atoms with Crippen LogP contribution in [0.15, 0.2) is 24.3 Å². The lowest BCUT2D eigenvalue weighted by Gasteiger charge is -1.99. The summed E-state index contributed by atoms with van der Waals surface area (Å²) in [6.45, 7) is 3.87. The Balaban J connectivity index is 0.00000180. The Hall–Kier alpha value is -0.740. The molecule has 1 heterocycles. The van der Waals surface area contributed by atoms with E-state index in [9.17, 15) is 13.2 Å². The van der Waals surface area contributed by atoms with E-state index in [1.165, 1.54) is 0 Å². The fraction of sp³-hybridized carbons (Fsp3) is 0.429. The van der Waals surface area contributed by atoms with Crippen LogP contribution in [0.5, 0.6) is 0 Å². The van der Waals surface area contributed by atoms with Crippen LogP contribution in [-0.2, 0) is 11.9 Å². The molecule has 2 rings (SSSR count). The van der Waals surface area contributed by atoms with Gasteiger partial charge in [-0.25, -0.2) is 0 Å². The van der Waals surface area contributed by atoms with Gasteiger partial charge in [0.05, 0.1) is 10.5 Å². The highest BCUT2D eigenvalue weighted by Crippen LogP contribution is 2.51. The normalized spacial score (nSPS) is 12.6. The maximum Gasteiger partial charge on any atom is 0.600 e. The number of benzene rings is 1. The van der Waals surface area contributed by atoms with Crippen LogP contribution in [-0.4, -0.2) is 0 Å². The van der Waals surface area contributed by atoms with Crippen molar-refractivity contribution in [2.24, 2.45) is 0 Å². The Bertz CT molecular complexity index is 558. The van der Waals surface area contributed by atoms with Gasteiger partial charge in [0.25, 0.3) is 0 Å². The van der Waals surface area contributed by atoms with Gasteiger partial charge in [0.15, 0.2) is 9.58 Å². The van der Waals surface area contributed by atoms with Crippen molar-refractivity contribution in [1.29, 1.82) is 0 Å². The van der Waals surface area contributed by atoms with E-state index in [0.29, 0.717) is 16.0 Å². The third kappa shape index (κ3) is 3.23. The quantitative estimate of drug-likeness (QED) is 0.765. The van der Waals surface area contributed by atoms with Gasteiger partial charge in [-0.1, -0.05) is 25.5 Å². The van der Waals surface area contributed by atoms with Crippen molar-refractivity contribution in [2.75, 3.05) is 0 Å². The monoisotopic (exact) mass is 308 g/mol. The van der Waals surface area contributed by atoms with Crippen molar-refractivity contribution < 1.29 is 25.6 Å². The summed E-state index contributed by atoms with van der Waals surface area (Å²) in [6.07, 6.45) is 2.29. The number of thiophene rings is 1. The lowest BCUT2D eigenvalue weighted by Crippen LogP contribution is -3.00. The average molecular weight is 309 g/mol. The van der Waals surface area contributed by atoms with Crippen molar-refractivity contribution in [3.63, 3.8) is 0 Å². The van der Waals surface area contributed by atoms with Crippen LogP contribution in [0.3, 0.4) is 0 Å². The molecule has 0 bridgehead atoms. The van der Waals surface area contributed by atoms with Gasteiger partial charge in [-0.05, 0) is 25.0 Å². The highest BCUT2D eigenvalue weighted by molar-refractivity contribution is 7.38. The molecule has 0 amide bonds. The van der Waals surface area contributed by atoms with Crippen LogP contribution in [0.4, 0.5) is 13.2 Å². The third-order valence-electron chi connectivity index (χ3n) is 3.08. The number of aryl methyl sites for hydroxylation is 2. The molecular weight excluding hydrogens is 293 g/mol. The van der Waals surface area contributed by atoms with Gasteiger partial charge < -0.3 is 12.4 Å². The predicted molar refractivity (Wildman–Crippen MR) is 71.1 cm³/mol. The summed E-state index contributed by atoms with van der Waals surface area (Å²) in [6, 6.07) is 6.97. The molecule has 19 heavy (non-hydrogen) atoms. The van der Waals surface area contributed by atoms with Crippen LogP contribution in [0, 0.1) is 6.92 Å². The fourth-order valence-electron chi connectivity index (χ4n) is 2.18. The molecule has 0 N–H and O–H groups in total. The molecule has 2 aromatic rings. The molecule has 0 nitrogen and oxygen atoms in total. The Morgan fingerprint density at radius 3 is 2.47 bits per heavy atom. The first-order valence-corrected chi connectivity index (χ1v) is 7.29. The molecule has 0 spiro atoms. The minimum atomic E-state index is -4.15. The van der Waals surface area contributed by atoms with Crippen molar-refractivity contribution in [3.05, 3.63) is 34.7 Å². The zero-order valence-electron chi connectivity index (χ0n) is 10.9. The number of hydrogen-bond acceptors (Lipinski definition) is 0. The molecule has 5 heteroatoms. The largest absolute Gasteiger partial charge is 1.00 e. The maximum absolute atomic E-state index is 13.2. The number of unbranched alkanes of at least 4 members (excludes halogenated alkanes) is 1. The zero-order valence-corrected chi connectivity index (χ0v) is 12.4. The van der Waals surface area contributed by atoms with Crippen molar-refractivity contribution in [1.82, 2.24) is 0 Å². The molecule has 0 saturated carbocycles. The highest BCUT2D eigenvalue weighted by atomic mass is 35.5. The summed E-state index contributed by atoms with van der Waals surface area (Å²) in [5, 5.41) is 0.782. The molecule has 1 aromatic carbocycles. The van der Waals surface area contributed by atoms with Gasteiger partial charge >= 0.3 is 5.51 Å². The van der Waals surface area contributed by atoms with E-state index in [1.807, 2.05) is 19.9 Å². The molecule has 1 atom stereocenters. The summed E-state index contributed by atoms with van der Waals surface area (Å²) in [4.78, 5) is 0.550. The molecule has 0 saturated heterocycles. The molecule has 1 aromatic heterocycles. The van der Waals surface area contributed by atoms with Gasteiger partial charge in [-0.2, -0.15) is 0 Å². The standard InChI is InChI=1S/C14H16F3S.ClH/c1-3-4-7-11-9-12-10(2)6-5-8-13(12)18(11)14(15,16)17;/h5-6,8-9H,3-4,7H2,1-2H3;1H/q+1;/p-1. The first kappa shape index (κ1) is 16.3. The van der Waals surface area contributed by atoms with Gasteiger partial charge in [0.1, 0.15) is 0 Å². The van der Waals surface area contributed by atoms with Gasteiger partial charge in [0.2, 0.25) is 0 Å². The van der Waals surface area contributed by atoms with Crippen LogP contribution in [0.1, 0.15) is 30.2 Å². The summed E-state index contributed by atoms with van der Waals surface area (Å²) in [5.74, 6) is 0. The van der Waals surface area contributed by atoms with E-state index < -0.39 is 16.0 Å². The van der Waals surface area contributed by atoms with Crippen molar-refractivity contribution >= 4 is 20.6 Å². The van der Waals surface area contributed by atoms with Crippen LogP contribution in [0.25, 0.3) is 10.1 Å². The van der Waals surface area contributed by atoms with Crippen molar-refractivity contribution in [3.8, 4) is 0 Å². The topological polar surface area (TPSA) is 0 Å². The van der Waals surface area contributed by atoms with E-state index in [0.717, 1.165) is 23.8 Å². The highest BCUT2D eigenvalue weighted by Gasteiger charge is 2.47. The molecule has 0 fully saturated rings. The molecule has 0 aliphatic heterocycles. The molecular formula is C14H16ClF3S. The Morgan fingerprint density at radius 2 is 1.89 bits per heavy atom. The molecule has 0 radical (unpaired) electrons. The SMILES string of the molecule is CCCCc1cc2c(C)cccc2[s+]1C(F)(F)F.[Cl-]. The first-order chi connectivity index (χ1) is 8.45. The minimum absolute atomic E-state index is 0. The molecule has 0 aliphatic rings. The second-order valence-electron chi connectivity index (χ2n) is 4.45. The van der Waals surface area contributed by atoms with Gasteiger partial charge in [-0.3, -0.25) is 0 Å². The van der Waals surface area contributed by atoms with Gasteiger partial charge in [-0.15, -0.1) is 13.2 Å². The third-order valence-corrected chi connectivity index (χ3v) is 5.18. The second-order valence-corrected chi connectivity index (χ2v) is 6.49. The lowest BCUT2D eigenvalue weighted by molar-refractivity contribution is -0.0867. The Kier molecular flexibility index (Phi) is 5.27. The van der Waals surface area contributed by atoms with Crippen LogP contribution >= 0.6 is 10.5 Å². The number of rotatable bonds is 3. The van der Waals surface area contributed by atoms with E-state index in [1.54, 1.807) is 18.2 Å². The number of fused-ring (bicyclic) bond motifs is 1. The Morgan fingerprint density at radius 1 is 1.21 bits per heavy atom. The fourth-order valence-corrected chi connectivity index (χ4v) is 4.24. The molecule has 0 aliphatic carbocycles. The van der Waals surface area contributed by atoms with E-state index in [-0.39, 0.29) is 12.4 Å². The van der Waals surface area contributed by atoms with Crippen molar-refractivity contribution in [2.45, 2.75) is 38.6 Å². The molecule has 106 valence electrons. The van der Waals surface area contributed by atoms with Crippen LogP contribution in [0.2, 0.25) is 0 Å². The first-order valence-electron chi connectivity index (χ1n) is 6.06. The summed E-state index contributed by atoms with van der Waals surface area (Å²) >= 11 is 0. The lowest BCUT2D eigenvalue weighted by atomic mass is 10.1. The van der Waals surface area contributed by atoms with Gasteiger partial charge in [0, 0.05) is 17.9 Å². The van der Waals surface area contributed by atoms with E-state index >= 15 is 0 Å². The van der Waals surface area contributed by atoms with E-state index in [2.05, 4.69) is 0 Å². The van der Waals surface area contributed by atoms with Crippen LogP contribution < -0.4 is 12.4 Å². The van der Waals surface area contributed by atoms with E-state index in [4.69, 9.17) is 0 Å². The number of halogens is 4. The smallest absolute Gasteiger partial charge is 0.600 e. The predicted octanol–water partition coefficient (Wildman–Crippen LogP) is 2.72. The minimum Gasteiger partial charge on any atom is -1.00 e. The number of hydrogen-bond donors (Lipinski definition) is 0. The number of alkyl halides is 3. The maximum atomic E-state index is 13.2. The second kappa shape index (κ2) is 6.14. The summed E-state index contributed by atoms with van der Waals surface area (Å²) in [5.41, 5.74) is -3.22. The zero-order chi connectivity index (χ0) is 13.3. The molecule has 1 unspecified atom stereocenters. The summed E-state index contributed by atoms with van der Waals surface area (Å²) < 4.78 is 40.1. The Labute approximate surface area is 120 Å². The average Bonchev–Trinajstić information content (AvgIpc) is 2.66. The summed E-state index contributed by atoms with van der Waals surface area (Å²) in [7, 11) is -1.71.